The van der Waals surface area contributed by atoms with Crippen LogP contribution in [0.15, 0.2) is 62.5 Å². The van der Waals surface area contributed by atoms with Crippen LogP contribution in [0.5, 0.6) is 11.5 Å². The standard InChI is InChI=1S/C16H13N3O8S2.Na/c17-9-1-3-10(4-2-9)18-19-15-13(29(25,26)27)6-8-5-11(28(22,23)24)7-12(20)14(8)16(15)21;/h1-7,20-21H,17H2,(H,22,23,24)(H,25,26,27);. The molecule has 3 aromatic rings. The molecule has 0 unspecified atom stereocenters. The van der Waals surface area contributed by atoms with Crippen molar-refractivity contribution in [1.82, 2.24) is 0 Å². The Morgan fingerprint density at radius 1 is 0.833 bits per heavy atom. The van der Waals surface area contributed by atoms with Crippen molar-refractivity contribution >= 4 is 77.6 Å². The van der Waals surface area contributed by atoms with Gasteiger partial charge in [0.05, 0.1) is 16.0 Å². The van der Waals surface area contributed by atoms with Gasteiger partial charge in [0.2, 0.25) is 0 Å². The molecule has 0 bridgehead atoms. The summed E-state index contributed by atoms with van der Waals surface area (Å²) in [6.45, 7) is 0. The minimum absolute atomic E-state index is 0. The number of aromatic hydroxyl groups is 2. The fourth-order valence-electron chi connectivity index (χ4n) is 2.53. The van der Waals surface area contributed by atoms with E-state index in [9.17, 15) is 31.6 Å². The molecule has 6 N–H and O–H groups in total. The SMILES string of the molecule is Nc1ccc(N=Nc2c(S(=O)(=O)O)cc3cc(S(=O)(=O)O)cc(O)c3c2O)cc1.[Na]. The second-order valence-corrected chi connectivity index (χ2v) is 8.67. The molecule has 0 fully saturated rings. The summed E-state index contributed by atoms with van der Waals surface area (Å²) in [5, 5.41) is 27.3. The molecule has 14 heteroatoms. The molecule has 0 heterocycles. The Morgan fingerprint density at radius 3 is 1.97 bits per heavy atom. The average Bonchev–Trinajstić information content (AvgIpc) is 2.60. The van der Waals surface area contributed by atoms with Gasteiger partial charge in [-0.2, -0.15) is 21.9 Å². The summed E-state index contributed by atoms with van der Waals surface area (Å²) in [6, 6.07) is 8.16. The zero-order chi connectivity index (χ0) is 21.6. The maximum atomic E-state index is 11.8. The minimum atomic E-state index is -4.95. The van der Waals surface area contributed by atoms with Crippen LogP contribution in [0.4, 0.5) is 17.1 Å². The van der Waals surface area contributed by atoms with E-state index >= 15 is 0 Å². The van der Waals surface area contributed by atoms with E-state index in [1.54, 1.807) is 0 Å². The van der Waals surface area contributed by atoms with Crippen molar-refractivity contribution in [3.8, 4) is 11.5 Å². The summed E-state index contributed by atoms with van der Waals surface area (Å²) < 4.78 is 64.8. The summed E-state index contributed by atoms with van der Waals surface area (Å²) >= 11 is 0. The Morgan fingerprint density at radius 2 is 1.43 bits per heavy atom. The molecule has 0 atom stereocenters. The molecule has 0 spiro atoms. The van der Waals surface area contributed by atoms with Crippen LogP contribution in [-0.2, 0) is 20.2 Å². The van der Waals surface area contributed by atoms with Gasteiger partial charge in [-0.15, -0.1) is 5.11 Å². The van der Waals surface area contributed by atoms with Crippen molar-refractivity contribution < 1.29 is 36.2 Å². The Bertz CT molecular complexity index is 1370. The summed E-state index contributed by atoms with van der Waals surface area (Å²) in [4.78, 5) is -1.65. The number of nitrogens with two attached hydrogens (primary N) is 1. The molecule has 0 aliphatic rings. The predicted molar refractivity (Wildman–Crippen MR) is 108 cm³/mol. The summed E-state index contributed by atoms with van der Waals surface area (Å²) in [7, 11) is -9.69. The van der Waals surface area contributed by atoms with Crippen LogP contribution >= 0.6 is 0 Å². The number of rotatable bonds is 4. The number of phenolic OH excluding ortho intramolecular Hbond substituents is 2. The topological polar surface area (TPSA) is 200 Å². The summed E-state index contributed by atoms with van der Waals surface area (Å²) in [5.74, 6) is -1.66. The third-order valence-corrected chi connectivity index (χ3v) is 5.54. The molecule has 153 valence electrons. The quantitative estimate of drug-likeness (QED) is 0.167. The first-order valence-corrected chi connectivity index (χ1v) is 10.5. The van der Waals surface area contributed by atoms with Gasteiger partial charge in [-0.25, -0.2) is 0 Å². The van der Waals surface area contributed by atoms with E-state index in [0.29, 0.717) is 11.8 Å². The van der Waals surface area contributed by atoms with Crippen LogP contribution in [-0.4, -0.2) is 65.7 Å². The Kier molecular flexibility index (Phi) is 6.78. The number of nitrogens with zero attached hydrogens (tertiary/aromatic N) is 2. The molecular weight excluding hydrogens is 449 g/mol. The van der Waals surface area contributed by atoms with Gasteiger partial charge in [-0.1, -0.05) is 0 Å². The zero-order valence-electron chi connectivity index (χ0n) is 15.3. The van der Waals surface area contributed by atoms with Crippen molar-refractivity contribution in [2.45, 2.75) is 9.79 Å². The summed E-state index contributed by atoms with van der Waals surface area (Å²) in [5.41, 5.74) is 5.54. The molecule has 0 saturated heterocycles. The third kappa shape index (κ3) is 4.89. The van der Waals surface area contributed by atoms with Gasteiger partial charge in [0.15, 0.2) is 5.75 Å². The maximum absolute atomic E-state index is 11.8. The van der Waals surface area contributed by atoms with E-state index in [1.165, 1.54) is 24.3 Å². The Labute approximate surface area is 192 Å². The first-order valence-electron chi connectivity index (χ1n) is 7.63. The van der Waals surface area contributed by atoms with Crippen molar-refractivity contribution in [3.05, 3.63) is 42.5 Å². The first kappa shape index (κ1) is 24.0. The van der Waals surface area contributed by atoms with Crippen LogP contribution in [0.25, 0.3) is 10.8 Å². The number of nitrogen functional groups attached to an aromatic ring is 1. The van der Waals surface area contributed by atoms with Crippen LogP contribution in [0.3, 0.4) is 0 Å². The van der Waals surface area contributed by atoms with Crippen molar-refractivity contribution in [2.75, 3.05) is 5.73 Å². The number of phenols is 2. The Balaban J connectivity index is 0.00000320. The van der Waals surface area contributed by atoms with Crippen LogP contribution in [0, 0.1) is 0 Å². The van der Waals surface area contributed by atoms with E-state index in [0.717, 1.165) is 12.1 Å². The third-order valence-electron chi connectivity index (χ3n) is 3.84. The van der Waals surface area contributed by atoms with Crippen LogP contribution in [0.1, 0.15) is 0 Å². The fourth-order valence-corrected chi connectivity index (χ4v) is 3.72. The van der Waals surface area contributed by atoms with Crippen LogP contribution in [0.2, 0.25) is 0 Å². The van der Waals surface area contributed by atoms with Gasteiger partial charge in [0.25, 0.3) is 20.2 Å². The number of benzene rings is 3. The van der Waals surface area contributed by atoms with E-state index in [4.69, 9.17) is 10.3 Å². The van der Waals surface area contributed by atoms with Crippen LogP contribution < -0.4 is 5.73 Å². The van der Waals surface area contributed by atoms with E-state index in [2.05, 4.69) is 10.2 Å². The number of azo groups is 1. The molecule has 0 aromatic heterocycles. The number of hydrogen-bond donors (Lipinski definition) is 5. The normalized spacial score (nSPS) is 12.2. The van der Waals surface area contributed by atoms with Crippen molar-refractivity contribution in [2.24, 2.45) is 10.2 Å². The summed E-state index contributed by atoms with van der Waals surface area (Å²) in [6.07, 6.45) is 0. The van der Waals surface area contributed by atoms with Gasteiger partial charge in [0, 0.05) is 41.3 Å². The molecule has 0 amide bonds. The molecule has 0 aliphatic carbocycles. The molecule has 11 nitrogen and oxygen atoms in total. The van der Waals surface area contributed by atoms with Gasteiger partial charge in [-0.3, -0.25) is 9.11 Å². The number of anilines is 1. The van der Waals surface area contributed by atoms with Crippen molar-refractivity contribution in [3.63, 3.8) is 0 Å². The van der Waals surface area contributed by atoms with Gasteiger partial charge >= 0.3 is 0 Å². The second-order valence-electron chi connectivity index (χ2n) is 5.85. The largest absolute Gasteiger partial charge is 0.507 e. The maximum Gasteiger partial charge on any atom is 0.296 e. The molecule has 1 radical (unpaired) electrons. The smallest absolute Gasteiger partial charge is 0.296 e. The van der Waals surface area contributed by atoms with Gasteiger partial charge in [0.1, 0.15) is 16.3 Å². The molecule has 30 heavy (non-hydrogen) atoms. The molecule has 0 aliphatic heterocycles. The average molecular weight is 462 g/mol. The second kappa shape index (κ2) is 8.47. The Hall–Kier alpha value is -2.26. The molecule has 3 aromatic carbocycles. The monoisotopic (exact) mass is 462 g/mol. The van der Waals surface area contributed by atoms with Crippen molar-refractivity contribution in [1.29, 1.82) is 0 Å². The molecule has 0 saturated carbocycles. The number of hydrogen-bond acceptors (Lipinski definition) is 9. The van der Waals surface area contributed by atoms with E-state index in [1.807, 2.05) is 0 Å². The minimum Gasteiger partial charge on any atom is -0.507 e. The predicted octanol–water partition coefficient (Wildman–Crippen LogP) is 2.36. The fraction of sp³-hybridized carbons (Fsp3) is 0. The van der Waals surface area contributed by atoms with E-state index < -0.39 is 47.2 Å². The molecule has 3 rings (SSSR count). The first-order chi connectivity index (χ1) is 13.4. The molecular formula is C16H13N3NaO8S2. The van der Waals surface area contributed by atoms with Gasteiger partial charge < -0.3 is 15.9 Å². The van der Waals surface area contributed by atoms with E-state index in [-0.39, 0.29) is 46.0 Å². The zero-order valence-corrected chi connectivity index (χ0v) is 18.9. The van der Waals surface area contributed by atoms with Gasteiger partial charge in [-0.05, 0) is 41.8 Å². The number of fused-ring (bicyclic) bond motifs is 1.